The van der Waals surface area contributed by atoms with E-state index in [2.05, 4.69) is 10.3 Å². The molecule has 0 aliphatic rings. The van der Waals surface area contributed by atoms with Crippen LogP contribution in [0.1, 0.15) is 15.9 Å². The Bertz CT molecular complexity index is 1070. The lowest BCUT2D eigenvalue weighted by molar-refractivity contribution is 0.0601. The van der Waals surface area contributed by atoms with E-state index in [1.165, 1.54) is 25.3 Å². The van der Waals surface area contributed by atoms with Crippen LogP contribution in [-0.2, 0) is 11.3 Å². The number of aromatic nitrogens is 1. The van der Waals surface area contributed by atoms with Crippen molar-refractivity contribution in [2.24, 2.45) is 0 Å². The Morgan fingerprint density at radius 3 is 2.50 bits per heavy atom. The molecule has 0 radical (unpaired) electrons. The van der Waals surface area contributed by atoms with Gasteiger partial charge in [0, 0.05) is 12.1 Å². The van der Waals surface area contributed by atoms with Gasteiger partial charge < -0.3 is 19.5 Å². The second-order valence-electron chi connectivity index (χ2n) is 6.26. The second kappa shape index (κ2) is 9.45. The first-order valence-electron chi connectivity index (χ1n) is 8.96. The zero-order valence-electron chi connectivity index (χ0n) is 16.7. The third-order valence-electron chi connectivity index (χ3n) is 4.39. The number of rotatable bonds is 7. The van der Waals surface area contributed by atoms with E-state index in [1.807, 2.05) is 12.1 Å². The van der Waals surface area contributed by atoms with Crippen molar-refractivity contribution in [2.45, 2.75) is 6.54 Å². The van der Waals surface area contributed by atoms with Crippen molar-refractivity contribution in [1.82, 2.24) is 4.98 Å². The summed E-state index contributed by atoms with van der Waals surface area (Å²) in [6.07, 6.45) is 0. The van der Waals surface area contributed by atoms with Gasteiger partial charge in [-0.1, -0.05) is 29.8 Å². The minimum absolute atomic E-state index is 0.143. The highest BCUT2D eigenvalue weighted by molar-refractivity contribution is 6.33. The third-order valence-corrected chi connectivity index (χ3v) is 4.68. The molecule has 1 aromatic heterocycles. The van der Waals surface area contributed by atoms with Gasteiger partial charge in [0.05, 0.1) is 37.6 Å². The quantitative estimate of drug-likeness (QED) is 0.534. The van der Waals surface area contributed by atoms with Gasteiger partial charge in [0.1, 0.15) is 11.6 Å². The second-order valence-corrected chi connectivity index (χ2v) is 6.67. The molecule has 0 aliphatic carbocycles. The molecule has 1 N–H and O–H groups in total. The van der Waals surface area contributed by atoms with Crippen LogP contribution in [-0.4, -0.2) is 32.3 Å². The summed E-state index contributed by atoms with van der Waals surface area (Å²) in [7, 11) is 4.38. The molecule has 0 fully saturated rings. The maximum atomic E-state index is 13.7. The smallest absolute Gasteiger partial charge is 0.340 e. The molecule has 30 heavy (non-hydrogen) atoms. The predicted molar refractivity (Wildman–Crippen MR) is 113 cm³/mol. The molecule has 3 aromatic rings. The van der Waals surface area contributed by atoms with E-state index in [0.29, 0.717) is 29.4 Å². The highest BCUT2D eigenvalue weighted by atomic mass is 35.5. The summed E-state index contributed by atoms with van der Waals surface area (Å²) in [5.74, 6) is 0.499. The van der Waals surface area contributed by atoms with Gasteiger partial charge in [-0.3, -0.25) is 0 Å². The lowest BCUT2D eigenvalue weighted by Crippen LogP contribution is -2.09. The summed E-state index contributed by atoms with van der Waals surface area (Å²) in [5, 5.41) is 3.37. The summed E-state index contributed by atoms with van der Waals surface area (Å²) in [4.78, 5) is 16.7. The van der Waals surface area contributed by atoms with Gasteiger partial charge in [0.15, 0.2) is 11.5 Å². The normalized spacial score (nSPS) is 10.4. The van der Waals surface area contributed by atoms with Crippen LogP contribution in [0.25, 0.3) is 11.3 Å². The number of nitrogens with zero attached hydrogens (tertiary/aromatic N) is 1. The first kappa shape index (κ1) is 21.4. The number of ether oxygens (including phenoxy) is 3. The molecule has 0 bridgehead atoms. The van der Waals surface area contributed by atoms with Crippen LogP contribution in [0.15, 0.2) is 48.5 Å². The Balaban J connectivity index is 1.95. The van der Waals surface area contributed by atoms with Crippen molar-refractivity contribution >= 4 is 23.4 Å². The Kier molecular flexibility index (Phi) is 6.74. The maximum Gasteiger partial charge on any atom is 0.340 e. The highest BCUT2D eigenvalue weighted by Crippen LogP contribution is 2.31. The molecule has 6 nitrogen and oxygen atoms in total. The number of anilines is 1. The molecule has 0 saturated heterocycles. The van der Waals surface area contributed by atoms with Crippen LogP contribution in [0, 0.1) is 5.82 Å². The fourth-order valence-corrected chi connectivity index (χ4v) is 3.13. The molecule has 1 heterocycles. The minimum atomic E-state index is -0.616. The number of pyridine rings is 1. The minimum Gasteiger partial charge on any atom is -0.493 e. The van der Waals surface area contributed by atoms with Crippen molar-refractivity contribution in [3.05, 3.63) is 70.5 Å². The Labute approximate surface area is 178 Å². The molecular formula is C22H20ClFN2O4. The Hall–Kier alpha value is -3.32. The van der Waals surface area contributed by atoms with Crippen LogP contribution in [0.2, 0.25) is 5.02 Å². The average molecular weight is 431 g/mol. The van der Waals surface area contributed by atoms with Crippen LogP contribution < -0.4 is 14.8 Å². The fraction of sp³-hybridized carbons (Fsp3) is 0.182. The van der Waals surface area contributed by atoms with E-state index in [4.69, 9.17) is 25.8 Å². The SMILES string of the molecule is COC(=O)c1cc(Cl)c(NCc2ccc(OC)c(OC)c2)nc1-c1cccc(F)c1. The van der Waals surface area contributed by atoms with E-state index in [0.717, 1.165) is 5.56 Å². The topological polar surface area (TPSA) is 69.7 Å². The van der Waals surface area contributed by atoms with E-state index in [1.54, 1.807) is 32.4 Å². The number of carbonyl (C=O) groups is 1. The Morgan fingerprint density at radius 2 is 1.83 bits per heavy atom. The van der Waals surface area contributed by atoms with Crippen molar-refractivity contribution in [1.29, 1.82) is 0 Å². The van der Waals surface area contributed by atoms with Gasteiger partial charge in [-0.05, 0) is 35.9 Å². The highest BCUT2D eigenvalue weighted by Gasteiger charge is 2.19. The van der Waals surface area contributed by atoms with Gasteiger partial charge in [0.2, 0.25) is 0 Å². The van der Waals surface area contributed by atoms with Crippen LogP contribution in [0.3, 0.4) is 0 Å². The first-order chi connectivity index (χ1) is 14.5. The number of esters is 1. The van der Waals surface area contributed by atoms with Crippen molar-refractivity contribution in [3.8, 4) is 22.8 Å². The molecule has 0 aliphatic heterocycles. The zero-order chi connectivity index (χ0) is 21.7. The fourth-order valence-electron chi connectivity index (χ4n) is 2.91. The summed E-state index contributed by atoms with van der Waals surface area (Å²) in [6.45, 7) is 0.382. The number of nitrogens with one attached hydrogen (secondary N) is 1. The number of carbonyl (C=O) groups excluding carboxylic acids is 1. The molecule has 3 rings (SSSR count). The van der Waals surface area contributed by atoms with Gasteiger partial charge in [-0.25, -0.2) is 14.2 Å². The summed E-state index contributed by atoms with van der Waals surface area (Å²) in [5.41, 5.74) is 1.74. The van der Waals surface area contributed by atoms with E-state index in [9.17, 15) is 9.18 Å². The number of methoxy groups -OCH3 is 3. The zero-order valence-corrected chi connectivity index (χ0v) is 17.4. The molecular weight excluding hydrogens is 411 g/mol. The first-order valence-corrected chi connectivity index (χ1v) is 9.34. The largest absolute Gasteiger partial charge is 0.493 e. The number of benzene rings is 2. The molecule has 8 heteroatoms. The number of halogens is 2. The van der Waals surface area contributed by atoms with Crippen molar-refractivity contribution in [3.63, 3.8) is 0 Å². The van der Waals surface area contributed by atoms with Crippen molar-refractivity contribution < 1.29 is 23.4 Å². The monoisotopic (exact) mass is 430 g/mol. The van der Waals surface area contributed by atoms with Crippen molar-refractivity contribution in [2.75, 3.05) is 26.6 Å². The molecule has 0 saturated carbocycles. The van der Waals surface area contributed by atoms with Gasteiger partial charge >= 0.3 is 5.97 Å². The third kappa shape index (κ3) is 4.63. The summed E-state index contributed by atoms with van der Waals surface area (Å²) in [6, 6.07) is 12.8. The van der Waals surface area contributed by atoms with E-state index >= 15 is 0 Å². The number of hydrogen-bond acceptors (Lipinski definition) is 6. The predicted octanol–water partition coefficient (Wildman–Crippen LogP) is 4.96. The van der Waals surface area contributed by atoms with Gasteiger partial charge in [-0.2, -0.15) is 0 Å². The molecule has 156 valence electrons. The standard InChI is InChI=1S/C22H20ClFN2O4/c1-28-18-8-7-13(9-19(18)29-2)12-25-21-17(23)11-16(22(27)30-3)20(26-21)14-5-4-6-15(24)10-14/h4-11H,12H2,1-3H3,(H,25,26). The molecule has 0 atom stereocenters. The lowest BCUT2D eigenvalue weighted by Gasteiger charge is -2.14. The van der Waals surface area contributed by atoms with E-state index in [-0.39, 0.29) is 16.3 Å². The molecule has 0 amide bonds. The number of hydrogen-bond donors (Lipinski definition) is 1. The van der Waals surface area contributed by atoms with Crippen LogP contribution >= 0.6 is 11.6 Å². The van der Waals surface area contributed by atoms with Crippen LogP contribution in [0.4, 0.5) is 10.2 Å². The molecule has 0 spiro atoms. The summed E-state index contributed by atoms with van der Waals surface area (Å²) < 4.78 is 29.1. The molecule has 0 unspecified atom stereocenters. The molecule has 2 aromatic carbocycles. The lowest BCUT2D eigenvalue weighted by atomic mass is 10.1. The Morgan fingerprint density at radius 1 is 1.07 bits per heavy atom. The summed E-state index contributed by atoms with van der Waals surface area (Å²) >= 11 is 6.34. The maximum absolute atomic E-state index is 13.7. The average Bonchev–Trinajstić information content (AvgIpc) is 2.77. The van der Waals surface area contributed by atoms with Crippen LogP contribution in [0.5, 0.6) is 11.5 Å². The van der Waals surface area contributed by atoms with E-state index < -0.39 is 11.8 Å². The van der Waals surface area contributed by atoms with Gasteiger partial charge in [-0.15, -0.1) is 0 Å². The van der Waals surface area contributed by atoms with Gasteiger partial charge in [0.25, 0.3) is 0 Å².